The Labute approximate surface area is 119 Å². The molecule has 0 spiro atoms. The minimum atomic E-state index is -0.455. The molecule has 1 aromatic rings. The van der Waals surface area contributed by atoms with Gasteiger partial charge in [-0.25, -0.2) is 4.79 Å². The van der Waals surface area contributed by atoms with Crippen LogP contribution in [-0.2, 0) is 9.63 Å². The fraction of sp³-hybridized carbons (Fsp3) is 0.231. The molecule has 0 amide bonds. The quantitative estimate of drug-likeness (QED) is 0.633. The third-order valence-corrected chi connectivity index (χ3v) is 3.23. The fourth-order valence-corrected chi connectivity index (χ4v) is 2.33. The first-order valence-corrected chi connectivity index (χ1v) is 6.25. The second kappa shape index (κ2) is 5.44. The molecule has 5 nitrogen and oxygen atoms in total. The number of benzene rings is 1. The van der Waals surface area contributed by atoms with Crippen LogP contribution in [0.4, 0.5) is 0 Å². The summed E-state index contributed by atoms with van der Waals surface area (Å²) < 4.78 is 11.2. The molecular formula is C13H12BrNO4. The number of hydrogen-bond donors (Lipinski definition) is 0. The van der Waals surface area contributed by atoms with E-state index in [0.29, 0.717) is 22.8 Å². The molecule has 1 aliphatic heterocycles. The predicted molar refractivity (Wildman–Crippen MR) is 74.4 cm³/mol. The number of oxime groups is 1. The average Bonchev–Trinajstić information content (AvgIpc) is 2.70. The molecule has 6 heteroatoms. The molecule has 0 bridgehead atoms. The number of ether oxygens (including phenoxy) is 2. The van der Waals surface area contributed by atoms with Crippen LogP contribution in [0.3, 0.4) is 0 Å². The molecule has 0 N–H and O–H groups in total. The first kappa shape index (κ1) is 13.6. The zero-order chi connectivity index (χ0) is 14.0. The molecule has 0 aromatic heterocycles. The SMILES string of the molecule is COc1cc(/C=C2/C(=O)ON=C2C)cc(Br)c1OC. The Balaban J connectivity index is 2.47. The van der Waals surface area contributed by atoms with Crippen LogP contribution in [0.2, 0.25) is 0 Å². The third kappa shape index (κ3) is 2.63. The normalized spacial score (nSPS) is 16.3. The summed E-state index contributed by atoms with van der Waals surface area (Å²) in [6.45, 7) is 1.71. The predicted octanol–water partition coefficient (Wildman–Crippen LogP) is 2.78. The summed E-state index contributed by atoms with van der Waals surface area (Å²) in [5.41, 5.74) is 1.77. The topological polar surface area (TPSA) is 57.1 Å². The maximum absolute atomic E-state index is 11.5. The van der Waals surface area contributed by atoms with Crippen molar-refractivity contribution in [3.05, 3.63) is 27.7 Å². The summed E-state index contributed by atoms with van der Waals surface area (Å²) in [5, 5.41) is 3.62. The molecule has 19 heavy (non-hydrogen) atoms. The Morgan fingerprint density at radius 2 is 2.05 bits per heavy atom. The van der Waals surface area contributed by atoms with Gasteiger partial charge < -0.3 is 14.3 Å². The highest BCUT2D eigenvalue weighted by Gasteiger charge is 2.22. The molecule has 0 saturated heterocycles. The van der Waals surface area contributed by atoms with Crippen molar-refractivity contribution in [2.45, 2.75) is 6.92 Å². The zero-order valence-electron chi connectivity index (χ0n) is 10.7. The van der Waals surface area contributed by atoms with Crippen LogP contribution in [0.15, 0.2) is 27.3 Å². The molecule has 0 fully saturated rings. The van der Waals surface area contributed by atoms with E-state index in [4.69, 9.17) is 9.47 Å². The van der Waals surface area contributed by atoms with Crippen LogP contribution in [0.25, 0.3) is 6.08 Å². The first-order chi connectivity index (χ1) is 9.06. The van der Waals surface area contributed by atoms with Crippen LogP contribution in [-0.4, -0.2) is 25.9 Å². The van der Waals surface area contributed by atoms with Crippen LogP contribution in [0.5, 0.6) is 11.5 Å². The Morgan fingerprint density at radius 3 is 2.58 bits per heavy atom. The van der Waals surface area contributed by atoms with E-state index < -0.39 is 5.97 Å². The number of carbonyl (C=O) groups is 1. The lowest BCUT2D eigenvalue weighted by molar-refractivity contribution is -0.136. The lowest BCUT2D eigenvalue weighted by Crippen LogP contribution is -2.02. The number of halogens is 1. The number of methoxy groups -OCH3 is 2. The van der Waals surface area contributed by atoms with Gasteiger partial charge in [-0.05, 0) is 46.6 Å². The van der Waals surface area contributed by atoms with Crippen LogP contribution >= 0.6 is 15.9 Å². The monoisotopic (exact) mass is 325 g/mol. The molecule has 0 aliphatic carbocycles. The van der Waals surface area contributed by atoms with Gasteiger partial charge in [-0.15, -0.1) is 0 Å². The van der Waals surface area contributed by atoms with Crippen molar-refractivity contribution in [1.29, 1.82) is 0 Å². The first-order valence-electron chi connectivity index (χ1n) is 5.46. The molecular weight excluding hydrogens is 314 g/mol. The number of rotatable bonds is 3. The van der Waals surface area contributed by atoms with Crippen molar-refractivity contribution in [2.24, 2.45) is 5.16 Å². The number of nitrogens with zero attached hydrogens (tertiary/aromatic N) is 1. The molecule has 0 saturated carbocycles. The van der Waals surface area contributed by atoms with E-state index in [1.807, 2.05) is 6.07 Å². The fourth-order valence-electron chi connectivity index (χ4n) is 1.71. The van der Waals surface area contributed by atoms with Crippen LogP contribution in [0.1, 0.15) is 12.5 Å². The smallest absolute Gasteiger partial charge is 0.367 e. The largest absolute Gasteiger partial charge is 0.493 e. The summed E-state index contributed by atoms with van der Waals surface area (Å²) in [4.78, 5) is 16.1. The van der Waals surface area contributed by atoms with Crippen LogP contribution < -0.4 is 9.47 Å². The molecule has 1 aromatic carbocycles. The van der Waals surface area contributed by atoms with Gasteiger partial charge in [-0.2, -0.15) is 0 Å². The van der Waals surface area contributed by atoms with Crippen molar-refractivity contribution in [1.82, 2.24) is 0 Å². The van der Waals surface area contributed by atoms with Crippen molar-refractivity contribution < 1.29 is 19.1 Å². The lowest BCUT2D eigenvalue weighted by Gasteiger charge is -2.10. The summed E-state index contributed by atoms with van der Waals surface area (Å²) in [6.07, 6.45) is 1.70. The molecule has 1 aliphatic rings. The molecule has 1 heterocycles. The van der Waals surface area contributed by atoms with Gasteiger partial charge in [0.2, 0.25) is 0 Å². The Kier molecular flexibility index (Phi) is 3.90. The molecule has 0 radical (unpaired) electrons. The summed E-state index contributed by atoms with van der Waals surface area (Å²) in [5.74, 6) is 0.720. The highest BCUT2D eigenvalue weighted by Crippen LogP contribution is 2.37. The van der Waals surface area contributed by atoms with E-state index in [2.05, 4.69) is 25.9 Å². The van der Waals surface area contributed by atoms with E-state index in [-0.39, 0.29) is 0 Å². The summed E-state index contributed by atoms with van der Waals surface area (Å²) >= 11 is 3.40. The molecule has 0 unspecified atom stereocenters. The third-order valence-electron chi connectivity index (χ3n) is 2.64. The summed E-state index contributed by atoms with van der Waals surface area (Å²) in [6, 6.07) is 3.60. The van der Waals surface area contributed by atoms with Gasteiger partial charge in [0.05, 0.1) is 30.0 Å². The Hall–Kier alpha value is -1.82. The standard InChI is InChI=1S/C13H12BrNO4/c1-7-9(13(16)19-15-7)4-8-5-10(14)12(18-3)11(6-8)17-2/h4-6H,1-3H3/b9-4+. The highest BCUT2D eigenvalue weighted by atomic mass is 79.9. The average molecular weight is 326 g/mol. The zero-order valence-corrected chi connectivity index (χ0v) is 12.3. The van der Waals surface area contributed by atoms with Crippen molar-refractivity contribution >= 4 is 33.7 Å². The maximum atomic E-state index is 11.5. The van der Waals surface area contributed by atoms with Crippen molar-refractivity contribution in [3.8, 4) is 11.5 Å². The maximum Gasteiger partial charge on any atom is 0.367 e. The summed E-state index contributed by atoms with van der Waals surface area (Å²) in [7, 11) is 3.11. The second-order valence-corrected chi connectivity index (χ2v) is 4.71. The van der Waals surface area contributed by atoms with E-state index in [1.165, 1.54) is 0 Å². The van der Waals surface area contributed by atoms with Gasteiger partial charge in [-0.1, -0.05) is 5.16 Å². The van der Waals surface area contributed by atoms with Gasteiger partial charge >= 0.3 is 5.97 Å². The van der Waals surface area contributed by atoms with Gasteiger partial charge in [0.15, 0.2) is 11.5 Å². The Morgan fingerprint density at radius 1 is 1.32 bits per heavy atom. The van der Waals surface area contributed by atoms with Gasteiger partial charge in [-0.3, -0.25) is 0 Å². The number of carbonyl (C=O) groups excluding carboxylic acids is 1. The minimum absolute atomic E-state index is 0.430. The van der Waals surface area contributed by atoms with E-state index in [9.17, 15) is 4.79 Å². The van der Waals surface area contributed by atoms with E-state index in [0.717, 1.165) is 10.0 Å². The second-order valence-electron chi connectivity index (χ2n) is 3.85. The van der Waals surface area contributed by atoms with E-state index in [1.54, 1.807) is 33.3 Å². The minimum Gasteiger partial charge on any atom is -0.493 e. The van der Waals surface area contributed by atoms with Crippen LogP contribution in [0, 0.1) is 0 Å². The van der Waals surface area contributed by atoms with Crippen molar-refractivity contribution in [3.63, 3.8) is 0 Å². The highest BCUT2D eigenvalue weighted by molar-refractivity contribution is 9.10. The van der Waals surface area contributed by atoms with Gasteiger partial charge in [0, 0.05) is 0 Å². The molecule has 0 atom stereocenters. The van der Waals surface area contributed by atoms with Crippen molar-refractivity contribution in [2.75, 3.05) is 14.2 Å². The van der Waals surface area contributed by atoms with E-state index >= 15 is 0 Å². The Bertz CT molecular complexity index is 593. The number of hydrogen-bond acceptors (Lipinski definition) is 5. The lowest BCUT2D eigenvalue weighted by atomic mass is 10.1. The van der Waals surface area contributed by atoms with Gasteiger partial charge in [0.25, 0.3) is 0 Å². The molecule has 2 rings (SSSR count). The van der Waals surface area contributed by atoms with Gasteiger partial charge in [0.1, 0.15) is 0 Å². The molecule has 100 valence electrons.